The van der Waals surface area contributed by atoms with Crippen LogP contribution in [0.3, 0.4) is 0 Å². The summed E-state index contributed by atoms with van der Waals surface area (Å²) in [5.41, 5.74) is 0. The molecular formula is C11H18N2O5. The second-order valence-corrected chi connectivity index (χ2v) is 4.23. The van der Waals surface area contributed by atoms with Crippen LogP contribution in [0, 0.1) is 0 Å². The Hall–Kier alpha value is -1.63. The number of rotatable bonds is 5. The fourth-order valence-electron chi connectivity index (χ4n) is 1.91. The molecule has 7 nitrogen and oxygen atoms in total. The zero-order valence-electron chi connectivity index (χ0n) is 10.3. The van der Waals surface area contributed by atoms with Crippen LogP contribution >= 0.6 is 0 Å². The van der Waals surface area contributed by atoms with Gasteiger partial charge in [-0.15, -0.1) is 0 Å². The smallest absolute Gasteiger partial charge is 0.312 e. The second-order valence-electron chi connectivity index (χ2n) is 4.23. The number of amides is 2. The zero-order valence-corrected chi connectivity index (χ0v) is 10.3. The van der Waals surface area contributed by atoms with Gasteiger partial charge in [0.2, 0.25) is 11.8 Å². The van der Waals surface area contributed by atoms with Crippen molar-refractivity contribution in [2.24, 2.45) is 0 Å². The van der Waals surface area contributed by atoms with E-state index in [0.29, 0.717) is 25.9 Å². The highest BCUT2D eigenvalue weighted by Gasteiger charge is 2.24. The molecule has 1 heterocycles. The molecule has 0 unspecified atom stereocenters. The molecule has 1 rings (SSSR count). The number of nitrogens with zero attached hydrogens (tertiary/aromatic N) is 1. The molecule has 0 bridgehead atoms. The van der Waals surface area contributed by atoms with Gasteiger partial charge in [-0.3, -0.25) is 14.4 Å². The Labute approximate surface area is 105 Å². The van der Waals surface area contributed by atoms with E-state index in [1.807, 2.05) is 0 Å². The summed E-state index contributed by atoms with van der Waals surface area (Å²) in [7, 11) is 1.45. The van der Waals surface area contributed by atoms with Crippen molar-refractivity contribution in [3.05, 3.63) is 0 Å². The first kappa shape index (κ1) is 14.4. The van der Waals surface area contributed by atoms with E-state index in [2.05, 4.69) is 5.32 Å². The molecule has 0 aliphatic carbocycles. The number of nitrogens with one attached hydrogen (secondary N) is 1. The first-order valence-electron chi connectivity index (χ1n) is 5.80. The molecule has 7 heteroatoms. The third kappa shape index (κ3) is 4.70. The number of carboxylic acid groups (broad SMARTS) is 1. The minimum Gasteiger partial charge on any atom is -0.481 e. The van der Waals surface area contributed by atoms with Gasteiger partial charge in [-0.05, 0) is 12.8 Å². The predicted molar refractivity (Wildman–Crippen MR) is 61.9 cm³/mol. The van der Waals surface area contributed by atoms with Crippen molar-refractivity contribution < 1.29 is 24.2 Å². The maximum Gasteiger partial charge on any atom is 0.312 e. The largest absolute Gasteiger partial charge is 0.481 e. The lowest BCUT2D eigenvalue weighted by Gasteiger charge is -2.32. The van der Waals surface area contributed by atoms with Gasteiger partial charge in [-0.25, -0.2) is 0 Å². The van der Waals surface area contributed by atoms with Crippen LogP contribution in [0.2, 0.25) is 0 Å². The van der Waals surface area contributed by atoms with Gasteiger partial charge in [0.1, 0.15) is 13.0 Å². The molecule has 1 fully saturated rings. The van der Waals surface area contributed by atoms with E-state index in [1.54, 1.807) is 0 Å². The van der Waals surface area contributed by atoms with Crippen LogP contribution in [0.5, 0.6) is 0 Å². The Balaban J connectivity index is 2.30. The topological polar surface area (TPSA) is 95.9 Å². The fraction of sp³-hybridized carbons (Fsp3) is 0.727. The van der Waals surface area contributed by atoms with Gasteiger partial charge in [-0.2, -0.15) is 0 Å². The molecule has 0 saturated carbocycles. The van der Waals surface area contributed by atoms with Crippen molar-refractivity contribution >= 4 is 17.8 Å². The van der Waals surface area contributed by atoms with Crippen LogP contribution < -0.4 is 5.32 Å². The number of likely N-dealkylation sites (tertiary alicyclic amines) is 1. The molecule has 0 atom stereocenters. The summed E-state index contributed by atoms with van der Waals surface area (Å²) in [6.07, 6.45) is 0.808. The molecule has 1 aliphatic rings. The van der Waals surface area contributed by atoms with Crippen LogP contribution in [0.4, 0.5) is 0 Å². The fourth-order valence-corrected chi connectivity index (χ4v) is 1.91. The molecule has 2 N–H and O–H groups in total. The second kappa shape index (κ2) is 6.95. The molecule has 0 aromatic carbocycles. The molecule has 2 amide bonds. The average Bonchev–Trinajstić information content (AvgIpc) is 2.29. The number of aliphatic carboxylic acids is 1. The van der Waals surface area contributed by atoms with Gasteiger partial charge in [0.05, 0.1) is 0 Å². The lowest BCUT2D eigenvalue weighted by molar-refractivity contribution is -0.144. The number of hydrogen-bond donors (Lipinski definition) is 2. The number of methoxy groups -OCH3 is 1. The Bertz CT molecular complexity index is 323. The van der Waals surface area contributed by atoms with E-state index in [0.717, 1.165) is 0 Å². The Morgan fingerprint density at radius 2 is 1.94 bits per heavy atom. The number of carbonyl (C=O) groups is 3. The lowest BCUT2D eigenvalue weighted by Crippen LogP contribution is -2.47. The summed E-state index contributed by atoms with van der Waals surface area (Å²) in [4.78, 5) is 34.7. The van der Waals surface area contributed by atoms with Crippen LogP contribution in [0.15, 0.2) is 0 Å². The van der Waals surface area contributed by atoms with Crippen molar-refractivity contribution in [2.75, 3.05) is 26.8 Å². The monoisotopic (exact) mass is 258 g/mol. The summed E-state index contributed by atoms with van der Waals surface area (Å²) in [5, 5.41) is 11.3. The predicted octanol–water partition coefficient (Wildman–Crippen LogP) is -0.785. The molecule has 0 spiro atoms. The molecular weight excluding hydrogens is 240 g/mol. The van der Waals surface area contributed by atoms with Crippen molar-refractivity contribution in [3.8, 4) is 0 Å². The molecule has 0 aromatic rings. The number of piperidine rings is 1. The Morgan fingerprint density at radius 1 is 1.33 bits per heavy atom. The molecule has 1 aliphatic heterocycles. The Morgan fingerprint density at radius 3 is 2.44 bits per heavy atom. The lowest BCUT2D eigenvalue weighted by atomic mass is 10.0. The molecule has 0 radical (unpaired) electrons. The van der Waals surface area contributed by atoms with Gasteiger partial charge in [0.25, 0.3) is 0 Å². The standard InChI is InChI=1S/C11H18N2O5/c1-18-7-9(14)12-8-2-4-13(5-3-8)10(15)6-11(16)17/h8H,2-7H2,1H3,(H,12,14)(H,16,17). The van der Waals surface area contributed by atoms with Crippen LogP contribution in [0.25, 0.3) is 0 Å². The van der Waals surface area contributed by atoms with Gasteiger partial charge in [0.15, 0.2) is 0 Å². The Kier molecular flexibility index (Phi) is 5.57. The minimum atomic E-state index is -1.12. The van der Waals surface area contributed by atoms with Gasteiger partial charge < -0.3 is 20.1 Å². The number of carbonyl (C=O) groups excluding carboxylic acids is 2. The van der Waals surface area contributed by atoms with Gasteiger partial charge in [0, 0.05) is 26.2 Å². The quantitative estimate of drug-likeness (QED) is 0.630. The summed E-state index contributed by atoms with van der Waals surface area (Å²) < 4.78 is 4.71. The van der Waals surface area contributed by atoms with Crippen molar-refractivity contribution in [3.63, 3.8) is 0 Å². The van der Waals surface area contributed by atoms with Crippen molar-refractivity contribution in [1.29, 1.82) is 0 Å². The summed E-state index contributed by atoms with van der Waals surface area (Å²) in [6.45, 7) is 0.978. The van der Waals surface area contributed by atoms with Crippen LogP contribution in [-0.4, -0.2) is 60.6 Å². The summed E-state index contributed by atoms with van der Waals surface area (Å²) in [5.74, 6) is -1.66. The highest BCUT2D eigenvalue weighted by atomic mass is 16.5. The molecule has 18 heavy (non-hydrogen) atoms. The van der Waals surface area contributed by atoms with E-state index in [4.69, 9.17) is 9.84 Å². The van der Waals surface area contributed by atoms with E-state index < -0.39 is 12.4 Å². The van der Waals surface area contributed by atoms with Crippen LogP contribution in [-0.2, 0) is 19.1 Å². The van der Waals surface area contributed by atoms with E-state index in [-0.39, 0.29) is 24.5 Å². The molecule has 102 valence electrons. The van der Waals surface area contributed by atoms with Gasteiger partial charge >= 0.3 is 5.97 Å². The maximum absolute atomic E-state index is 11.5. The van der Waals surface area contributed by atoms with E-state index >= 15 is 0 Å². The number of carboxylic acids is 1. The molecule has 1 saturated heterocycles. The summed E-state index contributed by atoms with van der Waals surface area (Å²) >= 11 is 0. The van der Waals surface area contributed by atoms with E-state index in [1.165, 1.54) is 12.0 Å². The van der Waals surface area contributed by atoms with Gasteiger partial charge in [-0.1, -0.05) is 0 Å². The SMILES string of the molecule is COCC(=O)NC1CCN(C(=O)CC(=O)O)CC1. The third-order valence-corrected chi connectivity index (χ3v) is 2.79. The zero-order chi connectivity index (χ0) is 13.5. The normalized spacial score (nSPS) is 16.4. The van der Waals surface area contributed by atoms with Crippen LogP contribution in [0.1, 0.15) is 19.3 Å². The van der Waals surface area contributed by atoms with Crippen molar-refractivity contribution in [2.45, 2.75) is 25.3 Å². The van der Waals surface area contributed by atoms with E-state index in [9.17, 15) is 14.4 Å². The maximum atomic E-state index is 11.5. The first-order valence-corrected chi connectivity index (χ1v) is 5.80. The first-order chi connectivity index (χ1) is 8.52. The number of hydrogen-bond acceptors (Lipinski definition) is 4. The van der Waals surface area contributed by atoms with Crippen molar-refractivity contribution in [1.82, 2.24) is 10.2 Å². The third-order valence-electron chi connectivity index (χ3n) is 2.79. The summed E-state index contributed by atoms with van der Waals surface area (Å²) in [6, 6.07) is 0.0292. The highest BCUT2D eigenvalue weighted by molar-refractivity contribution is 5.93. The minimum absolute atomic E-state index is 0.0260. The average molecular weight is 258 g/mol. The number of ether oxygens (including phenoxy) is 1. The molecule has 0 aromatic heterocycles. The highest BCUT2D eigenvalue weighted by Crippen LogP contribution is 2.11.